The second-order valence-corrected chi connectivity index (χ2v) is 4.82. The zero-order chi connectivity index (χ0) is 13.8. The highest BCUT2D eigenvalue weighted by atomic mass is 35.5. The van der Waals surface area contributed by atoms with Gasteiger partial charge in [0.05, 0.1) is 5.69 Å². The third-order valence-corrected chi connectivity index (χ3v) is 3.35. The molecule has 1 aliphatic rings. The second kappa shape index (κ2) is 7.14. The summed E-state index contributed by atoms with van der Waals surface area (Å²) in [5.74, 6) is -0.0615. The number of amides is 1. The molecule has 0 radical (unpaired) electrons. The maximum Gasteiger partial charge on any atom is 0.251 e. The van der Waals surface area contributed by atoms with E-state index in [1.54, 1.807) is 12.1 Å². The number of aromatic nitrogens is 4. The third kappa shape index (κ3) is 3.77. The van der Waals surface area contributed by atoms with Gasteiger partial charge in [0.15, 0.2) is 0 Å². The molecule has 2 aromatic rings. The van der Waals surface area contributed by atoms with E-state index in [0.717, 1.165) is 31.6 Å². The van der Waals surface area contributed by atoms with Crippen LogP contribution in [-0.4, -0.2) is 45.2 Å². The van der Waals surface area contributed by atoms with E-state index in [9.17, 15) is 4.79 Å². The quantitative estimate of drug-likeness (QED) is 0.866. The van der Waals surface area contributed by atoms with Crippen molar-refractivity contribution < 1.29 is 4.79 Å². The molecule has 0 saturated carbocycles. The first-order chi connectivity index (χ1) is 9.83. The minimum atomic E-state index is -0.0615. The maximum atomic E-state index is 12.2. The van der Waals surface area contributed by atoms with Crippen molar-refractivity contribution in [2.45, 2.75) is 18.9 Å². The highest BCUT2D eigenvalue weighted by Gasteiger charge is 2.16. The monoisotopic (exact) mass is 308 g/mol. The van der Waals surface area contributed by atoms with Crippen molar-refractivity contribution in [2.75, 3.05) is 13.1 Å². The van der Waals surface area contributed by atoms with Gasteiger partial charge in [0.25, 0.3) is 5.91 Å². The highest BCUT2D eigenvalue weighted by molar-refractivity contribution is 5.94. The molecule has 0 spiro atoms. The molecule has 3 rings (SSSR count). The SMILES string of the molecule is Cl.O=C(NC1CCCNC1)c1cccc(-n2cnnn2)c1. The van der Waals surface area contributed by atoms with Gasteiger partial charge in [-0.2, -0.15) is 0 Å². The number of carbonyl (C=O) groups excluding carboxylic acids is 1. The zero-order valence-electron chi connectivity index (χ0n) is 11.4. The lowest BCUT2D eigenvalue weighted by atomic mass is 10.1. The van der Waals surface area contributed by atoms with Crippen LogP contribution in [0.5, 0.6) is 0 Å². The third-order valence-electron chi connectivity index (χ3n) is 3.35. The van der Waals surface area contributed by atoms with Crippen molar-refractivity contribution >= 4 is 18.3 Å². The fourth-order valence-electron chi connectivity index (χ4n) is 2.31. The van der Waals surface area contributed by atoms with Crippen molar-refractivity contribution in [3.63, 3.8) is 0 Å². The Morgan fingerprint density at radius 2 is 2.33 bits per heavy atom. The van der Waals surface area contributed by atoms with E-state index in [1.165, 1.54) is 11.0 Å². The number of hydrogen-bond donors (Lipinski definition) is 2. The van der Waals surface area contributed by atoms with E-state index in [-0.39, 0.29) is 24.4 Å². The number of piperidine rings is 1. The van der Waals surface area contributed by atoms with E-state index in [4.69, 9.17) is 0 Å². The molecule has 1 atom stereocenters. The van der Waals surface area contributed by atoms with Gasteiger partial charge in [-0.3, -0.25) is 4.79 Å². The molecular formula is C13H17ClN6O. The van der Waals surface area contributed by atoms with E-state index >= 15 is 0 Å². The molecule has 2 N–H and O–H groups in total. The van der Waals surface area contributed by atoms with Crippen LogP contribution in [0.3, 0.4) is 0 Å². The molecule has 1 amide bonds. The molecular weight excluding hydrogens is 292 g/mol. The van der Waals surface area contributed by atoms with Gasteiger partial charge in [-0.15, -0.1) is 17.5 Å². The lowest BCUT2D eigenvalue weighted by Crippen LogP contribution is -2.45. The molecule has 112 valence electrons. The molecule has 21 heavy (non-hydrogen) atoms. The van der Waals surface area contributed by atoms with Crippen molar-refractivity contribution in [2.24, 2.45) is 0 Å². The summed E-state index contributed by atoms with van der Waals surface area (Å²) in [6, 6.07) is 7.45. The van der Waals surface area contributed by atoms with E-state index in [1.807, 2.05) is 12.1 Å². The van der Waals surface area contributed by atoms with Crippen LogP contribution in [0.4, 0.5) is 0 Å². The second-order valence-electron chi connectivity index (χ2n) is 4.82. The summed E-state index contributed by atoms with van der Waals surface area (Å²) in [4.78, 5) is 12.2. The maximum absolute atomic E-state index is 12.2. The number of benzene rings is 1. The normalized spacial score (nSPS) is 17.8. The molecule has 1 saturated heterocycles. The lowest BCUT2D eigenvalue weighted by Gasteiger charge is -2.23. The van der Waals surface area contributed by atoms with E-state index in [2.05, 4.69) is 26.2 Å². The van der Waals surface area contributed by atoms with Crippen LogP contribution in [0.15, 0.2) is 30.6 Å². The first-order valence-electron chi connectivity index (χ1n) is 6.68. The molecule has 0 bridgehead atoms. The van der Waals surface area contributed by atoms with Crippen LogP contribution in [0, 0.1) is 0 Å². The van der Waals surface area contributed by atoms with Crippen LogP contribution in [0.25, 0.3) is 5.69 Å². The van der Waals surface area contributed by atoms with Crippen LogP contribution < -0.4 is 10.6 Å². The number of nitrogens with one attached hydrogen (secondary N) is 2. The summed E-state index contributed by atoms with van der Waals surface area (Å²) in [5.41, 5.74) is 1.38. The zero-order valence-corrected chi connectivity index (χ0v) is 12.2. The minimum Gasteiger partial charge on any atom is -0.348 e. The number of tetrazole rings is 1. The number of rotatable bonds is 3. The fraction of sp³-hybridized carbons (Fsp3) is 0.385. The number of carbonyl (C=O) groups is 1. The Kier molecular flexibility index (Phi) is 5.24. The predicted octanol–water partition coefficient (Wildman–Crippen LogP) is 0.566. The predicted molar refractivity (Wildman–Crippen MR) is 79.8 cm³/mol. The Hall–Kier alpha value is -1.99. The van der Waals surface area contributed by atoms with Crippen LogP contribution in [0.1, 0.15) is 23.2 Å². The van der Waals surface area contributed by atoms with Gasteiger partial charge in [-0.25, -0.2) is 4.68 Å². The number of hydrogen-bond acceptors (Lipinski definition) is 5. The standard InChI is InChI=1S/C13H16N6O.ClH/c20-13(16-11-4-2-6-14-8-11)10-3-1-5-12(7-10)19-9-15-17-18-19;/h1,3,5,7,9,11,14H,2,4,6,8H2,(H,16,20);1H. The van der Waals surface area contributed by atoms with Gasteiger partial charge in [-0.1, -0.05) is 6.07 Å². The van der Waals surface area contributed by atoms with E-state index in [0.29, 0.717) is 5.56 Å². The number of nitrogens with zero attached hydrogens (tertiary/aromatic N) is 4. The summed E-state index contributed by atoms with van der Waals surface area (Å²) < 4.78 is 1.53. The molecule has 1 aromatic heterocycles. The molecule has 0 aliphatic carbocycles. The summed E-state index contributed by atoms with van der Waals surface area (Å²) in [7, 11) is 0. The van der Waals surface area contributed by atoms with Gasteiger partial charge in [0.2, 0.25) is 0 Å². The van der Waals surface area contributed by atoms with E-state index < -0.39 is 0 Å². The van der Waals surface area contributed by atoms with Crippen molar-refractivity contribution in [3.8, 4) is 5.69 Å². The largest absolute Gasteiger partial charge is 0.348 e. The molecule has 1 aromatic carbocycles. The van der Waals surface area contributed by atoms with Crippen LogP contribution in [-0.2, 0) is 0 Å². The Labute approximate surface area is 128 Å². The summed E-state index contributed by atoms with van der Waals surface area (Å²) in [6.07, 6.45) is 3.61. The Balaban J connectivity index is 0.00000161. The molecule has 1 aliphatic heterocycles. The van der Waals surface area contributed by atoms with Gasteiger partial charge in [0, 0.05) is 18.2 Å². The summed E-state index contributed by atoms with van der Waals surface area (Å²) >= 11 is 0. The van der Waals surface area contributed by atoms with Gasteiger partial charge in [-0.05, 0) is 48.0 Å². The lowest BCUT2D eigenvalue weighted by molar-refractivity contribution is 0.0930. The molecule has 7 nitrogen and oxygen atoms in total. The van der Waals surface area contributed by atoms with Gasteiger partial charge in [0.1, 0.15) is 6.33 Å². The molecule has 1 unspecified atom stereocenters. The molecule has 8 heteroatoms. The van der Waals surface area contributed by atoms with Gasteiger partial charge < -0.3 is 10.6 Å². The smallest absolute Gasteiger partial charge is 0.251 e. The van der Waals surface area contributed by atoms with Crippen molar-refractivity contribution in [1.82, 2.24) is 30.8 Å². The Bertz CT molecular complexity index is 582. The first kappa shape index (κ1) is 15.4. The Morgan fingerprint density at radius 1 is 1.43 bits per heavy atom. The minimum absolute atomic E-state index is 0. The highest BCUT2D eigenvalue weighted by Crippen LogP contribution is 2.10. The molecule has 2 heterocycles. The fourth-order valence-corrected chi connectivity index (χ4v) is 2.31. The summed E-state index contributed by atoms with van der Waals surface area (Å²) in [5, 5.41) is 17.3. The topological polar surface area (TPSA) is 84.7 Å². The van der Waals surface area contributed by atoms with Gasteiger partial charge >= 0.3 is 0 Å². The Morgan fingerprint density at radius 3 is 3.05 bits per heavy atom. The first-order valence-corrected chi connectivity index (χ1v) is 6.68. The number of halogens is 1. The van der Waals surface area contributed by atoms with Crippen molar-refractivity contribution in [3.05, 3.63) is 36.2 Å². The summed E-state index contributed by atoms with van der Waals surface area (Å²) in [6.45, 7) is 1.86. The average molecular weight is 309 g/mol. The molecule has 1 fully saturated rings. The van der Waals surface area contributed by atoms with Crippen LogP contribution >= 0.6 is 12.4 Å². The van der Waals surface area contributed by atoms with Crippen LogP contribution in [0.2, 0.25) is 0 Å². The van der Waals surface area contributed by atoms with Crippen molar-refractivity contribution in [1.29, 1.82) is 0 Å². The average Bonchev–Trinajstić information content (AvgIpc) is 3.03.